The lowest BCUT2D eigenvalue weighted by Gasteiger charge is -2.27. The summed E-state index contributed by atoms with van der Waals surface area (Å²) < 4.78 is 14.6. The van der Waals surface area contributed by atoms with Gasteiger partial charge in [-0.25, -0.2) is 4.39 Å². The Hall–Kier alpha value is -1.80. The van der Waals surface area contributed by atoms with Crippen LogP contribution in [0.1, 0.15) is 5.56 Å². The molecule has 0 radical (unpaired) electrons. The topological polar surface area (TPSA) is 0 Å². The molecule has 0 aliphatic rings. The zero-order chi connectivity index (χ0) is 20.1. The summed E-state index contributed by atoms with van der Waals surface area (Å²) in [6.07, 6.45) is 1.77. The highest BCUT2D eigenvalue weighted by Gasteiger charge is 2.44. The molecule has 0 fully saturated rings. The van der Waals surface area contributed by atoms with Gasteiger partial charge in [-0.05, 0) is 70.0 Å². The maximum Gasteiger partial charge on any atom is 0.137 e. The van der Waals surface area contributed by atoms with Crippen LogP contribution in [0.25, 0.3) is 0 Å². The fourth-order valence-electron chi connectivity index (χ4n) is 3.87. The predicted octanol–water partition coefficient (Wildman–Crippen LogP) is 3.13. The second-order valence-electron chi connectivity index (χ2n) is 7.04. The first-order valence-electron chi connectivity index (χ1n) is 9.69. The first-order chi connectivity index (χ1) is 14.2. The van der Waals surface area contributed by atoms with Crippen LogP contribution in [0, 0.1) is 5.82 Å². The second kappa shape index (κ2) is 10.5. The summed E-state index contributed by atoms with van der Waals surface area (Å²) in [4.78, 5) is 0. The Kier molecular flexibility index (Phi) is 7.99. The average molecular weight is 544 g/mol. The van der Waals surface area contributed by atoms with Gasteiger partial charge in [0, 0.05) is 6.42 Å². The molecule has 0 spiro atoms. The van der Waals surface area contributed by atoms with E-state index in [4.69, 9.17) is 0 Å². The van der Waals surface area contributed by atoms with E-state index in [1.165, 1.54) is 15.9 Å². The maximum absolute atomic E-state index is 14.1. The van der Waals surface area contributed by atoms with Gasteiger partial charge in [-0.1, -0.05) is 60.7 Å². The van der Waals surface area contributed by atoms with Crippen molar-refractivity contribution >= 4 is 39.1 Å². The van der Waals surface area contributed by atoms with Crippen LogP contribution in [0.15, 0.2) is 114 Å². The van der Waals surface area contributed by atoms with Crippen molar-refractivity contribution in [1.29, 1.82) is 0 Å². The minimum atomic E-state index is -1.88. The molecule has 0 unspecified atom stereocenters. The molecule has 0 aliphatic heterocycles. The Morgan fingerprint density at radius 3 is 1.47 bits per heavy atom. The van der Waals surface area contributed by atoms with Gasteiger partial charge in [-0.2, -0.15) is 0 Å². The SMILES string of the molecule is Fc1cc(CC[P+](c2ccccc2)(c2ccccc2)c2ccccc2)ccc1Br.[Br-]. The van der Waals surface area contributed by atoms with Crippen LogP contribution < -0.4 is 32.9 Å². The molecule has 4 heteroatoms. The summed E-state index contributed by atoms with van der Waals surface area (Å²) in [6, 6.07) is 37.9. The molecule has 30 heavy (non-hydrogen) atoms. The van der Waals surface area contributed by atoms with Crippen molar-refractivity contribution in [3.05, 3.63) is 125 Å². The molecule has 0 atom stereocenters. The van der Waals surface area contributed by atoms with E-state index >= 15 is 0 Å². The highest BCUT2D eigenvalue weighted by Crippen LogP contribution is 2.55. The number of benzene rings is 4. The summed E-state index contributed by atoms with van der Waals surface area (Å²) in [6.45, 7) is 0. The summed E-state index contributed by atoms with van der Waals surface area (Å²) in [5, 5.41) is 4.07. The van der Waals surface area contributed by atoms with E-state index < -0.39 is 7.26 Å². The summed E-state index contributed by atoms with van der Waals surface area (Å²) in [7, 11) is -1.88. The largest absolute Gasteiger partial charge is 1.00 e. The Labute approximate surface area is 197 Å². The molecule has 0 aromatic heterocycles. The number of halogens is 3. The zero-order valence-electron chi connectivity index (χ0n) is 16.4. The third kappa shape index (κ3) is 4.75. The molecule has 0 bridgehead atoms. The second-order valence-corrected chi connectivity index (χ2v) is 11.5. The number of hydrogen-bond acceptors (Lipinski definition) is 0. The van der Waals surface area contributed by atoms with Crippen molar-refractivity contribution in [2.75, 3.05) is 6.16 Å². The molecule has 0 nitrogen and oxygen atoms in total. The Morgan fingerprint density at radius 1 is 0.633 bits per heavy atom. The fourth-order valence-corrected chi connectivity index (χ4v) is 8.43. The van der Waals surface area contributed by atoms with Crippen LogP contribution in [0.3, 0.4) is 0 Å². The first-order valence-corrected chi connectivity index (χ1v) is 12.5. The lowest BCUT2D eigenvalue weighted by atomic mass is 10.2. The highest BCUT2D eigenvalue weighted by atomic mass is 79.9. The summed E-state index contributed by atoms with van der Waals surface area (Å²) in [5.41, 5.74) is 1.03. The van der Waals surface area contributed by atoms with Crippen molar-refractivity contribution in [2.45, 2.75) is 6.42 Å². The van der Waals surface area contributed by atoms with Crippen LogP contribution in [0.5, 0.6) is 0 Å². The normalized spacial score (nSPS) is 11.0. The number of hydrogen-bond donors (Lipinski definition) is 0. The molecule has 0 N–H and O–H groups in total. The highest BCUT2D eigenvalue weighted by molar-refractivity contribution is 9.10. The molecule has 0 saturated carbocycles. The van der Waals surface area contributed by atoms with Crippen LogP contribution >= 0.6 is 23.2 Å². The summed E-state index contributed by atoms with van der Waals surface area (Å²) in [5.74, 6) is -0.203. The van der Waals surface area contributed by atoms with Crippen LogP contribution in [0.4, 0.5) is 4.39 Å². The molecule has 4 rings (SSSR count). The lowest BCUT2D eigenvalue weighted by Crippen LogP contribution is -3.00. The van der Waals surface area contributed by atoms with Gasteiger partial charge < -0.3 is 17.0 Å². The van der Waals surface area contributed by atoms with Gasteiger partial charge in [0.15, 0.2) is 0 Å². The molecule has 4 aromatic rings. The van der Waals surface area contributed by atoms with Crippen molar-refractivity contribution in [3.63, 3.8) is 0 Å². The van der Waals surface area contributed by atoms with E-state index in [0.29, 0.717) is 4.47 Å². The van der Waals surface area contributed by atoms with Crippen molar-refractivity contribution in [1.82, 2.24) is 0 Å². The third-order valence-electron chi connectivity index (χ3n) is 5.31. The number of rotatable bonds is 6. The molecular weight excluding hydrogens is 522 g/mol. The van der Waals surface area contributed by atoms with E-state index in [1.807, 2.05) is 6.07 Å². The fraction of sp³-hybridized carbons (Fsp3) is 0.0769. The third-order valence-corrected chi connectivity index (χ3v) is 10.4. The number of aryl methyl sites for hydroxylation is 1. The van der Waals surface area contributed by atoms with Crippen LogP contribution in [-0.4, -0.2) is 6.16 Å². The van der Waals surface area contributed by atoms with Gasteiger partial charge in [0.25, 0.3) is 0 Å². The minimum Gasteiger partial charge on any atom is -1.00 e. The van der Waals surface area contributed by atoms with E-state index in [2.05, 4.69) is 107 Å². The van der Waals surface area contributed by atoms with E-state index in [9.17, 15) is 4.39 Å². The van der Waals surface area contributed by atoms with Gasteiger partial charge >= 0.3 is 0 Å². The minimum absolute atomic E-state index is 0. The maximum atomic E-state index is 14.1. The van der Waals surface area contributed by atoms with Crippen molar-refractivity contribution in [3.8, 4) is 0 Å². The average Bonchev–Trinajstić information content (AvgIpc) is 2.79. The van der Waals surface area contributed by atoms with Gasteiger partial charge in [-0.3, -0.25) is 0 Å². The van der Waals surface area contributed by atoms with Crippen LogP contribution in [0.2, 0.25) is 0 Å². The van der Waals surface area contributed by atoms with Crippen molar-refractivity contribution < 1.29 is 21.4 Å². The molecule has 4 aromatic carbocycles. The smallest absolute Gasteiger partial charge is 0.137 e. The predicted molar refractivity (Wildman–Crippen MR) is 128 cm³/mol. The van der Waals surface area contributed by atoms with E-state index in [-0.39, 0.29) is 22.8 Å². The molecular formula is C26H22Br2FP. The van der Waals surface area contributed by atoms with E-state index in [1.54, 1.807) is 12.1 Å². The lowest BCUT2D eigenvalue weighted by molar-refractivity contribution is -0.00000611. The molecule has 0 saturated heterocycles. The summed E-state index contributed by atoms with van der Waals surface area (Å²) >= 11 is 3.26. The van der Waals surface area contributed by atoms with Gasteiger partial charge in [0.05, 0.1) is 10.6 Å². The van der Waals surface area contributed by atoms with Gasteiger partial charge in [-0.15, -0.1) is 0 Å². The molecule has 0 amide bonds. The van der Waals surface area contributed by atoms with Crippen LogP contribution in [-0.2, 0) is 6.42 Å². The Morgan fingerprint density at radius 2 is 1.07 bits per heavy atom. The Balaban J connectivity index is 0.00000256. The quantitative estimate of drug-likeness (QED) is 0.328. The first kappa shape index (κ1) is 22.9. The monoisotopic (exact) mass is 542 g/mol. The molecule has 0 aliphatic carbocycles. The standard InChI is InChI=1S/C26H22BrFP.BrH/c27-25-17-16-21(20-26(25)28)18-19-29(22-10-4-1-5-11-22,23-12-6-2-7-13-23)24-14-8-3-9-15-24;/h1-17,20H,18-19H2;1H/q+1;/p-1. The Bertz CT molecular complexity index is 973. The zero-order valence-corrected chi connectivity index (χ0v) is 20.5. The van der Waals surface area contributed by atoms with Crippen molar-refractivity contribution in [2.24, 2.45) is 0 Å². The van der Waals surface area contributed by atoms with E-state index in [0.717, 1.165) is 18.1 Å². The van der Waals surface area contributed by atoms with Gasteiger partial charge in [0.2, 0.25) is 0 Å². The van der Waals surface area contributed by atoms with Gasteiger partial charge in [0.1, 0.15) is 29.0 Å². The molecule has 0 heterocycles. The molecule has 152 valence electrons.